The van der Waals surface area contributed by atoms with Gasteiger partial charge < -0.3 is 115 Å². The smallest absolute Gasteiger partial charge is 0.246 e. The van der Waals surface area contributed by atoms with Gasteiger partial charge in [-0.3, -0.25) is 81.5 Å². The van der Waals surface area contributed by atoms with Crippen LogP contribution in [0.5, 0.6) is 5.75 Å². The third-order valence-corrected chi connectivity index (χ3v) is 27.5. The lowest BCUT2D eigenvalue weighted by molar-refractivity contribution is -0.149. The number of nitrogens with one attached hydrogen (secondary N) is 11. The fourth-order valence-electron chi connectivity index (χ4n) is 18.6. The summed E-state index contributed by atoms with van der Waals surface area (Å²) in [4.78, 5) is 264. The van der Waals surface area contributed by atoms with E-state index in [1.807, 2.05) is 58.0 Å². The van der Waals surface area contributed by atoms with Gasteiger partial charge in [-0.05, 0) is 130 Å². The van der Waals surface area contributed by atoms with E-state index in [1.165, 1.54) is 67.0 Å². The van der Waals surface area contributed by atoms with E-state index in [0.717, 1.165) is 53.7 Å². The van der Waals surface area contributed by atoms with Gasteiger partial charge in [-0.25, -0.2) is 0 Å². The second kappa shape index (κ2) is 52.3. The summed E-state index contributed by atoms with van der Waals surface area (Å²) in [6.45, 7) is 6.76. The van der Waals surface area contributed by atoms with Crippen molar-refractivity contribution in [1.29, 1.82) is 0 Å². The van der Waals surface area contributed by atoms with Crippen LogP contribution in [0, 0.1) is 23.7 Å². The predicted octanol–water partition coefficient (Wildman–Crippen LogP) is 1.25. The number of hydrogen-bond acceptors (Lipinski definition) is 22. The molecule has 1 saturated carbocycles. The molecule has 3 aromatic carbocycles. The number of para-hydroxylation sites is 2. The lowest BCUT2D eigenvalue weighted by Gasteiger charge is -2.36. The van der Waals surface area contributed by atoms with Crippen LogP contribution in [0.4, 0.5) is 0 Å². The fourth-order valence-corrected chi connectivity index (χ4v) is 19.5. The van der Waals surface area contributed by atoms with Crippen LogP contribution >= 0.6 is 11.8 Å². The second-order valence-corrected chi connectivity index (χ2v) is 37.9. The van der Waals surface area contributed by atoms with E-state index >= 15 is 33.6 Å². The largest absolute Gasteiger partial charge is 0.508 e. The monoisotopic (exact) mass is 1910 g/mol. The number of amides is 16. The van der Waals surface area contributed by atoms with Crippen LogP contribution in [0.2, 0.25) is 0 Å². The van der Waals surface area contributed by atoms with E-state index in [2.05, 4.69) is 57.8 Å². The van der Waals surface area contributed by atoms with E-state index in [0.29, 0.717) is 83.4 Å². The summed E-state index contributed by atoms with van der Waals surface area (Å²) in [6.07, 6.45) is 9.55. The number of aromatic hydroxyl groups is 1. The van der Waals surface area contributed by atoms with Crippen molar-refractivity contribution in [3.8, 4) is 5.75 Å². The number of carbonyl (C=O) groups is 17. The number of phenolic OH excluding ortho intramolecular Hbond substituents is 1. The van der Waals surface area contributed by atoms with Crippen molar-refractivity contribution in [1.82, 2.24) is 82.3 Å². The van der Waals surface area contributed by atoms with E-state index in [9.17, 15) is 58.2 Å². The molecule has 0 bridgehead atoms. The number of unbranched alkanes of at least 4 members (excludes halogenated alkanes) is 4. The lowest BCUT2D eigenvalue weighted by Crippen LogP contribution is -2.61. The molecule has 4 fully saturated rings. The molecule has 16 amide bonds. The number of phenols is 1. The Morgan fingerprint density at radius 1 is 0.522 bits per heavy atom. The van der Waals surface area contributed by atoms with Crippen molar-refractivity contribution in [2.75, 3.05) is 72.0 Å². The number of ketones is 1. The number of rotatable bonds is 27. The number of hydrogen-bond donors (Lipinski definition) is 17. The van der Waals surface area contributed by atoms with Crippen LogP contribution < -0.4 is 70.8 Å². The highest BCUT2D eigenvalue weighted by Crippen LogP contribution is 2.40. The zero-order valence-electron chi connectivity index (χ0n) is 79.3. The van der Waals surface area contributed by atoms with Crippen LogP contribution in [0.25, 0.3) is 21.8 Å². The van der Waals surface area contributed by atoms with Crippen molar-refractivity contribution in [2.24, 2.45) is 46.6 Å². The van der Waals surface area contributed by atoms with Crippen LogP contribution in [0.1, 0.15) is 186 Å². The molecule has 1 aliphatic carbocycles. The van der Waals surface area contributed by atoms with Gasteiger partial charge >= 0.3 is 0 Å². The van der Waals surface area contributed by atoms with E-state index < -0.39 is 229 Å². The Hall–Kier alpha value is -12.0. The number of Topliss-reactive ketones (excluding diaryl/α,β-unsaturated/α-hetero) is 1. The van der Waals surface area contributed by atoms with Crippen molar-refractivity contribution >= 4 is 134 Å². The molecule has 0 spiro atoms. The first kappa shape index (κ1) is 108. The standard InChI is InChI=1S/C96H140N20O19S/c1-9-11-31-76-90(129)105-68(30-17-14-22-38-97)87(126)111-75(86(125)103-50-82(100)121)53-136-54-83(122)104-70(41-57-34-36-63(118)37-35-57)92(131)112(6)56(5)84(123)106-72(46-81(99)120)94(133)115-39-23-33-77(115)91(130)109-73(47-98)88(127)107-69(40-55(3)4)95(134)116-51-62(58-24-15-13-16-25-58)44-79(116)80(119)45-59(42-60-48-101-66-28-20-18-26-64(60)66)85(124)110-74(52-117)89(128)108-71(43-61-49-102-67-29-21-19-27-65(61)67)93(132)114(8)78(32-12-10-2)96(135)113(76)7/h18-21,26-29,34-37,48-49,55-56,58-59,62,68-79,101-102,117-118H,9-17,22-25,30-33,38-47,50-54,97-98H2,1-8H3,(H2,99,120)(H2,100,121)(H,103,125)(H,104,122)(H,105,129)(H,106,123)(H,107,127)(H,108,128)(H,109,130)(H,110,124)(H,111,126)/t56-,59+,62+,68-,69-,70-,71-,72-,73-,74-,75-,76-,77-,78-,79-/m0/s1. The summed E-state index contributed by atoms with van der Waals surface area (Å²) in [6, 6.07) is 1.10. The molecule has 9 rings (SSSR count). The van der Waals surface area contributed by atoms with Crippen LogP contribution in [-0.4, -0.2) is 296 Å². The van der Waals surface area contributed by atoms with Crippen LogP contribution in [0.15, 0.2) is 85.2 Å². The molecular weight excluding hydrogens is 1770 g/mol. The molecule has 5 aromatic rings. The zero-order chi connectivity index (χ0) is 99.1. The number of aromatic nitrogens is 2. The molecule has 0 radical (unpaired) electrons. The summed E-state index contributed by atoms with van der Waals surface area (Å²) in [5.74, 6) is -17.2. The van der Waals surface area contributed by atoms with Gasteiger partial charge in [0.25, 0.3) is 0 Å². The maximum absolute atomic E-state index is 15.8. The van der Waals surface area contributed by atoms with Gasteiger partial charge in [0.05, 0.1) is 31.4 Å². The average molecular weight is 1910 g/mol. The molecule has 744 valence electrons. The summed E-state index contributed by atoms with van der Waals surface area (Å²) >= 11 is 0.804. The van der Waals surface area contributed by atoms with Gasteiger partial charge in [-0.1, -0.05) is 147 Å². The summed E-state index contributed by atoms with van der Waals surface area (Å²) in [5.41, 5.74) is 26.4. The number of H-pyrrole nitrogens is 2. The van der Waals surface area contributed by atoms with Crippen molar-refractivity contribution in [3.63, 3.8) is 0 Å². The highest BCUT2D eigenvalue weighted by molar-refractivity contribution is 8.00. The second-order valence-electron chi connectivity index (χ2n) is 36.9. The first-order valence-corrected chi connectivity index (χ1v) is 48.8. The normalized spacial score (nSPS) is 25.6. The first-order chi connectivity index (χ1) is 65.0. The zero-order valence-corrected chi connectivity index (χ0v) is 80.1. The molecule has 15 atom stereocenters. The van der Waals surface area contributed by atoms with Crippen LogP contribution in [-0.2, 0) is 101 Å². The topological polar surface area (TPSA) is 591 Å². The molecule has 5 heterocycles. The number of aromatic amines is 2. The molecule has 136 heavy (non-hydrogen) atoms. The van der Waals surface area contributed by atoms with Gasteiger partial charge in [0, 0.05) is 106 Å². The average Bonchev–Trinajstić information content (AvgIpc) is 1.06. The number of aliphatic hydroxyl groups is 1. The molecule has 39 nitrogen and oxygen atoms in total. The molecule has 3 saturated heterocycles. The predicted molar refractivity (Wildman–Crippen MR) is 510 cm³/mol. The van der Waals surface area contributed by atoms with Crippen molar-refractivity contribution < 1.29 is 91.7 Å². The Kier molecular flexibility index (Phi) is 41.4. The first-order valence-electron chi connectivity index (χ1n) is 47.7. The number of likely N-dealkylation sites (N-methyl/N-ethyl adjacent to an activating group) is 3. The number of nitrogens with two attached hydrogens (primary N) is 4. The molecular formula is C96H140N20O19S. The van der Waals surface area contributed by atoms with Gasteiger partial charge in [0.1, 0.15) is 78.3 Å². The Labute approximate surface area is 797 Å². The minimum Gasteiger partial charge on any atom is -0.508 e. The number of aliphatic hydroxyl groups excluding tert-OH is 1. The Morgan fingerprint density at radius 2 is 1.09 bits per heavy atom. The lowest BCUT2D eigenvalue weighted by atomic mass is 9.78. The van der Waals surface area contributed by atoms with E-state index in [1.54, 1.807) is 30.6 Å². The number of fused-ring (bicyclic) bond motifs is 4. The molecule has 40 heteroatoms. The molecule has 3 aliphatic heterocycles. The highest BCUT2D eigenvalue weighted by atomic mass is 32.2. The third kappa shape index (κ3) is 29.7. The molecule has 2 aromatic heterocycles. The number of primary amides is 2. The third-order valence-electron chi connectivity index (χ3n) is 26.5. The number of thioether (sulfide) groups is 1. The highest BCUT2D eigenvalue weighted by Gasteiger charge is 2.48. The van der Waals surface area contributed by atoms with Gasteiger partial charge in [0.15, 0.2) is 5.78 Å². The summed E-state index contributed by atoms with van der Waals surface area (Å²) in [7, 11) is 4.03. The maximum Gasteiger partial charge on any atom is 0.246 e. The summed E-state index contributed by atoms with van der Waals surface area (Å²) < 4.78 is 0. The van der Waals surface area contributed by atoms with Gasteiger partial charge in [0.2, 0.25) is 94.5 Å². The molecule has 0 unspecified atom stereocenters. The quantitative estimate of drug-likeness (QED) is 0.0329. The van der Waals surface area contributed by atoms with Crippen molar-refractivity contribution in [2.45, 2.75) is 267 Å². The Morgan fingerprint density at radius 3 is 1.71 bits per heavy atom. The van der Waals surface area contributed by atoms with Crippen LogP contribution in [0.3, 0.4) is 0 Å². The number of carbonyl (C=O) groups excluding carboxylic acids is 17. The van der Waals surface area contributed by atoms with Gasteiger partial charge in [-0.2, -0.15) is 0 Å². The molecule has 4 aliphatic rings. The number of benzene rings is 3. The Balaban J connectivity index is 1.10. The van der Waals surface area contributed by atoms with Gasteiger partial charge in [-0.15, -0.1) is 11.8 Å². The number of nitrogens with zero attached hydrogens (tertiary/aromatic N) is 5. The Bertz CT molecular complexity index is 5000. The van der Waals surface area contributed by atoms with E-state index in [4.69, 9.17) is 22.9 Å². The molecule has 21 N–H and O–H groups in total. The SMILES string of the molecule is CCCC[C@H]1C(=O)N(C)[C@@H](CCCC)C(=O)N[C@@H](CCCCCN)C(=O)N[C@H](C(=O)NCC(N)=O)CSCC(=O)N[C@@H](Cc2ccc(O)cc2)C(=O)N(C)[C@@H](C)C(=O)N[C@@H](CC(N)=O)C(=O)N2CCC[C@H]2C(=O)N[C@@H](CN)C(=O)N[C@@H](CC(C)C)C(=O)N2C[C@H](C3CCCCC3)C[C@H]2C(=O)C[C@@H](Cc2c[nH]c3ccccc23)C(=O)N[C@@H](CO)C(=O)N[C@@H](Cc2c[nH]c3ccccc23)C(=O)N1C. The fraction of sp³-hybridized carbons (Fsp3) is 0.594. The minimum atomic E-state index is -1.80. The minimum absolute atomic E-state index is 0.0216. The van der Waals surface area contributed by atoms with Crippen molar-refractivity contribution in [3.05, 3.63) is 102 Å². The maximum atomic E-state index is 15.8. The summed E-state index contributed by atoms with van der Waals surface area (Å²) in [5, 5.41) is 47.2. The van der Waals surface area contributed by atoms with E-state index in [-0.39, 0.29) is 107 Å².